The summed E-state index contributed by atoms with van der Waals surface area (Å²) >= 11 is 1.85. The van der Waals surface area contributed by atoms with Crippen molar-refractivity contribution in [1.29, 1.82) is 0 Å². The second-order valence-electron chi connectivity index (χ2n) is 8.44. The second kappa shape index (κ2) is 6.34. The summed E-state index contributed by atoms with van der Waals surface area (Å²) in [6.45, 7) is 1.39. The predicted octanol–water partition coefficient (Wildman–Crippen LogP) is 3.66. The Morgan fingerprint density at radius 2 is 1.92 bits per heavy atom. The van der Waals surface area contributed by atoms with E-state index in [4.69, 9.17) is 0 Å². The highest BCUT2D eigenvalue weighted by molar-refractivity contribution is 7.10. The Kier molecular flexibility index (Phi) is 4.09. The van der Waals surface area contributed by atoms with Crippen molar-refractivity contribution in [2.75, 3.05) is 13.2 Å². The SMILES string of the molecule is O=C1NC2(CCCCCC2)C(=O)N1CN1CCc2sccc2[C@H]1C1CC1. The highest BCUT2D eigenvalue weighted by atomic mass is 32.1. The van der Waals surface area contributed by atoms with Crippen molar-refractivity contribution in [2.24, 2.45) is 5.92 Å². The van der Waals surface area contributed by atoms with Gasteiger partial charge in [-0.05, 0) is 55.0 Å². The maximum atomic E-state index is 13.2. The maximum Gasteiger partial charge on any atom is 0.326 e. The van der Waals surface area contributed by atoms with Gasteiger partial charge in [0.2, 0.25) is 0 Å². The first-order chi connectivity index (χ1) is 12.7. The molecule has 5 nitrogen and oxygen atoms in total. The molecule has 0 aromatic carbocycles. The fourth-order valence-corrected chi connectivity index (χ4v) is 6.09. The number of hydrogen-bond acceptors (Lipinski definition) is 4. The minimum absolute atomic E-state index is 0.0232. The third kappa shape index (κ3) is 2.69. The Hall–Kier alpha value is -1.40. The van der Waals surface area contributed by atoms with Gasteiger partial charge in [0.05, 0.1) is 6.67 Å². The van der Waals surface area contributed by atoms with Gasteiger partial charge in [-0.3, -0.25) is 9.69 Å². The van der Waals surface area contributed by atoms with Gasteiger partial charge in [0.15, 0.2) is 0 Å². The molecule has 26 heavy (non-hydrogen) atoms. The molecule has 3 heterocycles. The number of urea groups is 1. The molecule has 2 aliphatic carbocycles. The number of hydrogen-bond donors (Lipinski definition) is 1. The summed E-state index contributed by atoms with van der Waals surface area (Å²) in [7, 11) is 0. The first-order valence-corrected chi connectivity index (χ1v) is 11.0. The number of nitrogens with zero attached hydrogens (tertiary/aromatic N) is 2. The van der Waals surface area contributed by atoms with Crippen molar-refractivity contribution in [2.45, 2.75) is 69.4 Å². The van der Waals surface area contributed by atoms with Gasteiger partial charge >= 0.3 is 6.03 Å². The summed E-state index contributed by atoms with van der Waals surface area (Å²) in [4.78, 5) is 31.3. The van der Waals surface area contributed by atoms with E-state index in [1.807, 2.05) is 11.3 Å². The molecule has 0 unspecified atom stereocenters. The van der Waals surface area contributed by atoms with Crippen LogP contribution in [0.5, 0.6) is 0 Å². The lowest BCUT2D eigenvalue weighted by atomic mass is 9.90. The van der Waals surface area contributed by atoms with E-state index in [0.29, 0.717) is 18.6 Å². The fraction of sp³-hybridized carbons (Fsp3) is 0.700. The lowest BCUT2D eigenvalue weighted by molar-refractivity contribution is -0.133. The van der Waals surface area contributed by atoms with Crippen molar-refractivity contribution >= 4 is 23.3 Å². The highest BCUT2D eigenvalue weighted by Crippen LogP contribution is 2.48. The molecule has 1 aromatic rings. The topological polar surface area (TPSA) is 52.7 Å². The molecule has 2 aliphatic heterocycles. The largest absolute Gasteiger partial charge is 0.326 e. The van der Waals surface area contributed by atoms with Gasteiger partial charge < -0.3 is 5.32 Å². The van der Waals surface area contributed by atoms with Gasteiger partial charge in [-0.2, -0.15) is 0 Å². The van der Waals surface area contributed by atoms with E-state index < -0.39 is 5.54 Å². The van der Waals surface area contributed by atoms with Crippen LogP contribution in [0, 0.1) is 5.92 Å². The van der Waals surface area contributed by atoms with Crippen LogP contribution in [-0.2, 0) is 11.2 Å². The molecule has 1 N–H and O–H groups in total. The molecular weight excluding hydrogens is 346 g/mol. The normalized spacial score (nSPS) is 28.9. The van der Waals surface area contributed by atoms with Gasteiger partial charge in [-0.15, -0.1) is 11.3 Å². The molecule has 1 atom stereocenters. The van der Waals surface area contributed by atoms with Gasteiger partial charge in [-0.25, -0.2) is 9.69 Å². The van der Waals surface area contributed by atoms with E-state index in [1.54, 1.807) is 0 Å². The second-order valence-corrected chi connectivity index (χ2v) is 9.45. The molecule has 2 saturated carbocycles. The zero-order valence-corrected chi connectivity index (χ0v) is 16.0. The summed E-state index contributed by atoms with van der Waals surface area (Å²) in [5, 5.41) is 5.28. The van der Waals surface area contributed by atoms with Crippen LogP contribution in [0.4, 0.5) is 4.79 Å². The molecule has 6 heteroatoms. The number of fused-ring (bicyclic) bond motifs is 1. The van der Waals surface area contributed by atoms with Crippen molar-refractivity contribution < 1.29 is 9.59 Å². The summed E-state index contributed by atoms with van der Waals surface area (Å²) < 4.78 is 0. The Labute approximate surface area is 158 Å². The standard InChI is InChI=1S/C20H27N3O2S/c24-18-20(9-3-1-2-4-10-20)21-19(25)23(18)13-22-11-7-16-15(8-12-26-16)17(22)14-5-6-14/h8,12,14,17H,1-7,9-11,13H2,(H,21,25)/t17-/m1/s1. The fourth-order valence-electron chi connectivity index (χ4n) is 5.18. The van der Waals surface area contributed by atoms with Crippen molar-refractivity contribution in [3.05, 3.63) is 21.9 Å². The van der Waals surface area contributed by atoms with E-state index in [2.05, 4.69) is 21.7 Å². The Morgan fingerprint density at radius 3 is 2.65 bits per heavy atom. The molecule has 3 amide bonds. The van der Waals surface area contributed by atoms with E-state index in [0.717, 1.165) is 38.6 Å². The highest BCUT2D eigenvalue weighted by Gasteiger charge is 2.52. The molecule has 0 bridgehead atoms. The van der Waals surface area contributed by atoms with Crippen LogP contribution in [0.15, 0.2) is 11.4 Å². The number of nitrogens with one attached hydrogen (secondary N) is 1. The maximum absolute atomic E-state index is 13.2. The van der Waals surface area contributed by atoms with Crippen LogP contribution in [0.25, 0.3) is 0 Å². The Morgan fingerprint density at radius 1 is 1.15 bits per heavy atom. The smallest absolute Gasteiger partial charge is 0.323 e. The molecular formula is C20H27N3O2S. The molecule has 1 aromatic heterocycles. The van der Waals surface area contributed by atoms with Crippen LogP contribution >= 0.6 is 11.3 Å². The average Bonchev–Trinajstić information content (AvgIpc) is 3.36. The summed E-state index contributed by atoms with van der Waals surface area (Å²) in [6.07, 6.45) is 9.57. The monoisotopic (exact) mass is 373 g/mol. The number of amides is 3. The number of rotatable bonds is 3. The van der Waals surface area contributed by atoms with Crippen LogP contribution in [0.2, 0.25) is 0 Å². The van der Waals surface area contributed by atoms with Crippen molar-refractivity contribution in [1.82, 2.24) is 15.1 Å². The number of carbonyl (C=O) groups is 2. The Balaban J connectivity index is 1.37. The molecule has 140 valence electrons. The number of thiophene rings is 1. The Bertz CT molecular complexity index is 718. The number of imide groups is 1. The van der Waals surface area contributed by atoms with Crippen LogP contribution in [0.3, 0.4) is 0 Å². The van der Waals surface area contributed by atoms with Gasteiger partial charge in [-0.1, -0.05) is 25.7 Å². The van der Waals surface area contributed by atoms with E-state index in [-0.39, 0.29) is 11.9 Å². The molecule has 4 aliphatic rings. The molecule has 1 spiro atoms. The molecule has 0 radical (unpaired) electrons. The minimum Gasteiger partial charge on any atom is -0.323 e. The van der Waals surface area contributed by atoms with Crippen LogP contribution in [0.1, 0.15) is 67.8 Å². The van der Waals surface area contributed by atoms with E-state index >= 15 is 0 Å². The van der Waals surface area contributed by atoms with Crippen LogP contribution < -0.4 is 5.32 Å². The third-order valence-corrected chi connectivity index (χ3v) is 7.71. The summed E-state index contributed by atoms with van der Waals surface area (Å²) in [5.41, 5.74) is 0.825. The zero-order chi connectivity index (χ0) is 17.7. The van der Waals surface area contributed by atoms with Gasteiger partial charge in [0.25, 0.3) is 5.91 Å². The van der Waals surface area contributed by atoms with E-state index in [1.165, 1.54) is 41.0 Å². The third-order valence-electron chi connectivity index (χ3n) is 6.71. The molecule has 5 rings (SSSR count). The summed E-state index contributed by atoms with van der Waals surface area (Å²) in [5.74, 6) is 0.714. The average molecular weight is 374 g/mol. The zero-order valence-electron chi connectivity index (χ0n) is 15.2. The van der Waals surface area contributed by atoms with Gasteiger partial charge in [0, 0.05) is 17.5 Å². The van der Waals surface area contributed by atoms with Gasteiger partial charge in [0.1, 0.15) is 5.54 Å². The summed E-state index contributed by atoms with van der Waals surface area (Å²) in [6, 6.07) is 2.47. The lowest BCUT2D eigenvalue weighted by Crippen LogP contribution is -2.49. The first-order valence-electron chi connectivity index (χ1n) is 10.1. The van der Waals surface area contributed by atoms with Crippen molar-refractivity contribution in [3.8, 4) is 0 Å². The quantitative estimate of drug-likeness (QED) is 0.823. The van der Waals surface area contributed by atoms with E-state index in [9.17, 15) is 9.59 Å². The molecule has 1 saturated heterocycles. The lowest BCUT2D eigenvalue weighted by Gasteiger charge is -2.38. The molecule has 3 fully saturated rings. The first kappa shape index (κ1) is 16.8. The minimum atomic E-state index is -0.619. The number of carbonyl (C=O) groups excluding carboxylic acids is 2. The van der Waals surface area contributed by atoms with Crippen LogP contribution in [-0.4, -0.2) is 40.5 Å². The van der Waals surface area contributed by atoms with Crippen molar-refractivity contribution in [3.63, 3.8) is 0 Å². The predicted molar refractivity (Wildman–Crippen MR) is 101 cm³/mol.